The quantitative estimate of drug-likeness (QED) is 0.797. The fourth-order valence-electron chi connectivity index (χ4n) is 0.929. The number of rotatable bonds is 3. The Morgan fingerprint density at radius 3 is 2.92 bits per heavy atom. The van der Waals surface area contributed by atoms with Gasteiger partial charge in [0.15, 0.2) is 0 Å². The normalized spacial score (nSPS) is 12.8. The van der Waals surface area contributed by atoms with Crippen LogP contribution in [0.2, 0.25) is 0 Å². The standard InChI is InChI=1S/C7H10BrN3O2/c1-11-6(8)4(3-10-11)2-5(9)7(12)13/h3,5H,2,9H2,1H3,(H,12,13). The Bertz CT molecular complexity index is 324. The van der Waals surface area contributed by atoms with Gasteiger partial charge in [-0.1, -0.05) is 0 Å². The summed E-state index contributed by atoms with van der Waals surface area (Å²) in [5.41, 5.74) is 6.17. The van der Waals surface area contributed by atoms with Gasteiger partial charge in [0.1, 0.15) is 10.6 Å². The lowest BCUT2D eigenvalue weighted by atomic mass is 10.1. The minimum absolute atomic E-state index is 0.282. The number of nitrogens with two attached hydrogens (primary N) is 1. The molecule has 13 heavy (non-hydrogen) atoms. The van der Waals surface area contributed by atoms with E-state index in [4.69, 9.17) is 10.8 Å². The van der Waals surface area contributed by atoms with E-state index in [1.54, 1.807) is 17.9 Å². The molecule has 1 atom stereocenters. The molecular weight excluding hydrogens is 238 g/mol. The molecule has 0 aliphatic heterocycles. The van der Waals surface area contributed by atoms with E-state index in [0.29, 0.717) is 0 Å². The molecule has 5 nitrogen and oxygen atoms in total. The highest BCUT2D eigenvalue weighted by atomic mass is 79.9. The van der Waals surface area contributed by atoms with Crippen LogP contribution in [0.5, 0.6) is 0 Å². The molecule has 0 fully saturated rings. The summed E-state index contributed by atoms with van der Waals surface area (Å²) in [6, 6.07) is -0.875. The molecule has 1 heterocycles. The highest BCUT2D eigenvalue weighted by Crippen LogP contribution is 2.16. The summed E-state index contributed by atoms with van der Waals surface area (Å²) in [4.78, 5) is 10.5. The lowest BCUT2D eigenvalue weighted by Crippen LogP contribution is -2.32. The Labute approximate surface area is 83.7 Å². The number of aryl methyl sites for hydroxylation is 1. The molecule has 0 aliphatic carbocycles. The number of carboxylic acids is 1. The van der Waals surface area contributed by atoms with Crippen molar-refractivity contribution in [1.82, 2.24) is 9.78 Å². The Balaban J connectivity index is 2.74. The second-order valence-electron chi connectivity index (χ2n) is 2.73. The minimum atomic E-state index is -1.00. The first-order valence-electron chi connectivity index (χ1n) is 3.67. The van der Waals surface area contributed by atoms with Gasteiger partial charge in [-0.3, -0.25) is 9.48 Å². The Kier molecular flexibility index (Phi) is 3.05. The van der Waals surface area contributed by atoms with Crippen LogP contribution >= 0.6 is 15.9 Å². The average molecular weight is 248 g/mol. The van der Waals surface area contributed by atoms with Crippen LogP contribution in [-0.4, -0.2) is 26.9 Å². The van der Waals surface area contributed by atoms with Crippen molar-refractivity contribution in [2.75, 3.05) is 0 Å². The molecule has 1 unspecified atom stereocenters. The minimum Gasteiger partial charge on any atom is -0.480 e. The third-order valence-corrected chi connectivity index (χ3v) is 2.72. The van der Waals surface area contributed by atoms with Crippen LogP contribution in [0.1, 0.15) is 5.56 Å². The molecule has 0 radical (unpaired) electrons. The first kappa shape index (κ1) is 10.2. The Morgan fingerprint density at radius 2 is 2.54 bits per heavy atom. The number of hydrogen-bond donors (Lipinski definition) is 2. The van der Waals surface area contributed by atoms with Crippen LogP contribution in [0.4, 0.5) is 0 Å². The van der Waals surface area contributed by atoms with Gasteiger partial charge in [0, 0.05) is 19.0 Å². The van der Waals surface area contributed by atoms with Gasteiger partial charge >= 0.3 is 5.97 Å². The Morgan fingerprint density at radius 1 is 1.92 bits per heavy atom. The van der Waals surface area contributed by atoms with Crippen LogP contribution in [0.3, 0.4) is 0 Å². The van der Waals surface area contributed by atoms with Gasteiger partial charge in [-0.05, 0) is 15.9 Å². The van der Waals surface area contributed by atoms with Gasteiger partial charge in [0.2, 0.25) is 0 Å². The monoisotopic (exact) mass is 247 g/mol. The maximum atomic E-state index is 10.5. The zero-order valence-electron chi connectivity index (χ0n) is 7.07. The van der Waals surface area contributed by atoms with E-state index < -0.39 is 12.0 Å². The third kappa shape index (κ3) is 2.28. The van der Waals surface area contributed by atoms with Crippen molar-refractivity contribution in [2.45, 2.75) is 12.5 Å². The SMILES string of the molecule is Cn1ncc(CC(N)C(=O)O)c1Br. The lowest BCUT2D eigenvalue weighted by Gasteiger charge is -2.04. The molecule has 0 bridgehead atoms. The van der Waals surface area contributed by atoms with Gasteiger partial charge in [-0.2, -0.15) is 5.10 Å². The van der Waals surface area contributed by atoms with Crippen molar-refractivity contribution in [3.63, 3.8) is 0 Å². The topological polar surface area (TPSA) is 81.1 Å². The van der Waals surface area contributed by atoms with E-state index >= 15 is 0 Å². The van der Waals surface area contributed by atoms with Gasteiger partial charge in [0.05, 0.1) is 6.20 Å². The zero-order valence-corrected chi connectivity index (χ0v) is 8.65. The van der Waals surface area contributed by atoms with Crippen molar-refractivity contribution >= 4 is 21.9 Å². The van der Waals surface area contributed by atoms with Gasteiger partial charge < -0.3 is 10.8 Å². The molecule has 0 aromatic carbocycles. The summed E-state index contributed by atoms with van der Waals surface area (Å²) in [6.45, 7) is 0. The number of aliphatic carboxylic acids is 1. The van der Waals surface area contributed by atoms with Crippen molar-refractivity contribution in [3.05, 3.63) is 16.4 Å². The van der Waals surface area contributed by atoms with Crippen LogP contribution in [-0.2, 0) is 18.3 Å². The van der Waals surface area contributed by atoms with E-state index in [1.165, 1.54) is 0 Å². The molecule has 0 amide bonds. The average Bonchev–Trinajstić information content (AvgIpc) is 2.36. The van der Waals surface area contributed by atoms with E-state index in [0.717, 1.165) is 10.2 Å². The van der Waals surface area contributed by atoms with Gasteiger partial charge in [-0.25, -0.2) is 0 Å². The largest absolute Gasteiger partial charge is 0.480 e. The number of carbonyl (C=O) groups is 1. The summed E-state index contributed by atoms with van der Waals surface area (Å²) in [6.07, 6.45) is 1.89. The summed E-state index contributed by atoms with van der Waals surface area (Å²) in [5.74, 6) is -1.00. The van der Waals surface area contributed by atoms with Crippen molar-refractivity contribution in [2.24, 2.45) is 12.8 Å². The van der Waals surface area contributed by atoms with Crippen LogP contribution in [0, 0.1) is 0 Å². The second kappa shape index (κ2) is 3.89. The second-order valence-corrected chi connectivity index (χ2v) is 3.48. The highest BCUT2D eigenvalue weighted by molar-refractivity contribution is 9.10. The third-order valence-electron chi connectivity index (χ3n) is 1.69. The van der Waals surface area contributed by atoms with E-state index in [2.05, 4.69) is 21.0 Å². The molecule has 0 saturated carbocycles. The van der Waals surface area contributed by atoms with Crippen LogP contribution < -0.4 is 5.73 Å². The zero-order chi connectivity index (χ0) is 10.0. The van der Waals surface area contributed by atoms with Crippen molar-refractivity contribution in [1.29, 1.82) is 0 Å². The maximum absolute atomic E-state index is 10.5. The number of hydrogen-bond acceptors (Lipinski definition) is 3. The molecule has 3 N–H and O–H groups in total. The first-order valence-corrected chi connectivity index (χ1v) is 4.46. The van der Waals surface area contributed by atoms with Gasteiger partial charge in [-0.15, -0.1) is 0 Å². The number of halogens is 1. The summed E-state index contributed by atoms with van der Waals surface area (Å²) < 4.78 is 2.38. The molecule has 0 saturated heterocycles. The fourth-order valence-corrected chi connectivity index (χ4v) is 1.29. The molecule has 0 spiro atoms. The maximum Gasteiger partial charge on any atom is 0.320 e. The van der Waals surface area contributed by atoms with Crippen LogP contribution in [0.25, 0.3) is 0 Å². The summed E-state index contributed by atoms with van der Waals surface area (Å²) in [7, 11) is 1.76. The summed E-state index contributed by atoms with van der Waals surface area (Å²) in [5, 5.41) is 12.5. The van der Waals surface area contributed by atoms with E-state index in [1.807, 2.05) is 0 Å². The fraction of sp³-hybridized carbons (Fsp3) is 0.429. The molecule has 1 aromatic heterocycles. The van der Waals surface area contributed by atoms with E-state index in [9.17, 15) is 4.79 Å². The smallest absolute Gasteiger partial charge is 0.320 e. The first-order chi connectivity index (χ1) is 6.02. The molecule has 0 aliphatic rings. The van der Waals surface area contributed by atoms with E-state index in [-0.39, 0.29) is 6.42 Å². The molecule has 1 aromatic rings. The summed E-state index contributed by atoms with van der Waals surface area (Å²) >= 11 is 3.28. The predicted molar refractivity (Wildman–Crippen MR) is 50.2 cm³/mol. The number of aromatic nitrogens is 2. The molecule has 72 valence electrons. The van der Waals surface area contributed by atoms with Crippen molar-refractivity contribution < 1.29 is 9.90 Å². The molecular formula is C7H10BrN3O2. The Hall–Kier alpha value is -0.880. The van der Waals surface area contributed by atoms with Crippen molar-refractivity contribution in [3.8, 4) is 0 Å². The van der Waals surface area contributed by atoms with Crippen LogP contribution in [0.15, 0.2) is 10.8 Å². The van der Waals surface area contributed by atoms with Gasteiger partial charge in [0.25, 0.3) is 0 Å². The highest BCUT2D eigenvalue weighted by Gasteiger charge is 2.15. The molecule has 6 heteroatoms. The molecule has 1 rings (SSSR count). The predicted octanol–water partition coefficient (Wildman–Crippen LogP) is 0.137. The number of nitrogens with zero attached hydrogens (tertiary/aromatic N) is 2. The number of carboxylic acid groups (broad SMARTS) is 1. The lowest BCUT2D eigenvalue weighted by molar-refractivity contribution is -0.138.